The summed E-state index contributed by atoms with van der Waals surface area (Å²) in [5.41, 5.74) is 3.45. The summed E-state index contributed by atoms with van der Waals surface area (Å²) in [7, 11) is 4.00. The molecule has 0 saturated heterocycles. The molecule has 1 atom stereocenters. The molecule has 5 rings (SSSR count). The van der Waals surface area contributed by atoms with Crippen LogP contribution in [-0.2, 0) is 12.8 Å². The molecule has 1 aromatic carbocycles. The summed E-state index contributed by atoms with van der Waals surface area (Å²) < 4.78 is 7.01. The Kier molecular flexibility index (Phi) is 5.07. The highest BCUT2D eigenvalue weighted by Gasteiger charge is 2.38. The molecule has 0 aliphatic carbocycles. The first-order valence-electron chi connectivity index (χ1n) is 10.3. The van der Waals surface area contributed by atoms with Crippen molar-refractivity contribution in [1.29, 1.82) is 0 Å². The van der Waals surface area contributed by atoms with Gasteiger partial charge >= 0.3 is 0 Å². The van der Waals surface area contributed by atoms with Gasteiger partial charge in [0.15, 0.2) is 5.89 Å². The van der Waals surface area contributed by atoms with Gasteiger partial charge in [0.25, 0.3) is 5.91 Å². The van der Waals surface area contributed by atoms with Gasteiger partial charge in [-0.1, -0.05) is 12.1 Å². The first-order valence-corrected chi connectivity index (χ1v) is 11.1. The van der Waals surface area contributed by atoms with Crippen LogP contribution in [0.3, 0.4) is 0 Å². The molecule has 4 aromatic rings. The number of likely N-dealkylation sites (N-methyl/N-ethyl adjacent to an activating group) is 1. The number of benzene rings is 1. The molecule has 4 heterocycles. The van der Waals surface area contributed by atoms with Gasteiger partial charge in [0.2, 0.25) is 5.76 Å². The van der Waals surface area contributed by atoms with Gasteiger partial charge < -0.3 is 19.2 Å². The highest BCUT2D eigenvalue weighted by Crippen LogP contribution is 2.38. The number of rotatable bonds is 5. The third kappa shape index (κ3) is 3.64. The number of para-hydroxylation sites is 1. The number of amides is 1. The normalized spacial score (nSPS) is 16.3. The Bertz CT molecular complexity index is 1210. The van der Waals surface area contributed by atoms with Crippen LogP contribution in [-0.4, -0.2) is 62.8 Å². The number of carbonyl (C=O) groups is 1. The summed E-state index contributed by atoms with van der Waals surface area (Å²) in [5.74, 6) is 0.724. The van der Waals surface area contributed by atoms with Crippen molar-refractivity contribution in [3.63, 3.8) is 0 Å². The average molecular weight is 437 g/mol. The zero-order valence-corrected chi connectivity index (χ0v) is 18.6. The number of hydrogen-bond acceptors (Lipinski definition) is 7. The minimum Gasteiger partial charge on any atom is -0.435 e. The van der Waals surface area contributed by atoms with E-state index in [1.807, 2.05) is 44.1 Å². The van der Waals surface area contributed by atoms with Gasteiger partial charge in [0.05, 0.1) is 27.9 Å². The van der Waals surface area contributed by atoms with Crippen LogP contribution in [0.25, 0.3) is 10.2 Å². The summed E-state index contributed by atoms with van der Waals surface area (Å²) in [4.78, 5) is 34.6. The SMILES string of the molecule is Cc1nc(CCN(C)C)oc1C(=O)N1CCc2[nH]cnc2[C@H]1c1nc2ccccc2s1. The van der Waals surface area contributed by atoms with Crippen LogP contribution in [0.5, 0.6) is 0 Å². The molecule has 0 saturated carbocycles. The molecule has 31 heavy (non-hydrogen) atoms. The maximum absolute atomic E-state index is 13.6. The molecule has 8 nitrogen and oxygen atoms in total. The standard InChI is InChI=1S/C22H24N6O2S/c1-13-20(30-17(25-13)9-10-27(2)3)22(29)28-11-8-15-18(24-12-23-15)19(28)21-26-14-6-4-5-7-16(14)31-21/h4-7,12,19H,8-11H2,1-3H3,(H,23,24)/t19-/m0/s1. The molecule has 160 valence electrons. The highest BCUT2D eigenvalue weighted by molar-refractivity contribution is 7.18. The lowest BCUT2D eigenvalue weighted by Gasteiger charge is -2.33. The van der Waals surface area contributed by atoms with Gasteiger partial charge in [-0.05, 0) is 33.2 Å². The van der Waals surface area contributed by atoms with Crippen molar-refractivity contribution in [2.75, 3.05) is 27.2 Å². The summed E-state index contributed by atoms with van der Waals surface area (Å²) in [6.07, 6.45) is 3.06. The average Bonchev–Trinajstić information content (AvgIpc) is 3.48. The fourth-order valence-corrected chi connectivity index (χ4v) is 5.04. The van der Waals surface area contributed by atoms with E-state index in [9.17, 15) is 4.79 Å². The molecule has 0 radical (unpaired) electrons. The van der Waals surface area contributed by atoms with Crippen LogP contribution in [0.2, 0.25) is 0 Å². The van der Waals surface area contributed by atoms with Crippen molar-refractivity contribution in [3.05, 3.63) is 64.3 Å². The number of carbonyl (C=O) groups excluding carboxylic acids is 1. The second-order valence-electron chi connectivity index (χ2n) is 8.01. The fraction of sp³-hybridized carbons (Fsp3) is 0.364. The minimum absolute atomic E-state index is 0.168. The molecule has 0 spiro atoms. The van der Waals surface area contributed by atoms with Gasteiger partial charge in [-0.15, -0.1) is 11.3 Å². The zero-order chi connectivity index (χ0) is 21.5. The Hall–Kier alpha value is -3.04. The maximum Gasteiger partial charge on any atom is 0.292 e. The number of fused-ring (bicyclic) bond motifs is 2. The number of nitrogens with zero attached hydrogens (tertiary/aromatic N) is 5. The molecular formula is C22H24N6O2S. The van der Waals surface area contributed by atoms with E-state index in [4.69, 9.17) is 9.40 Å². The second-order valence-corrected chi connectivity index (χ2v) is 9.07. The summed E-state index contributed by atoms with van der Waals surface area (Å²) in [6, 6.07) is 7.67. The maximum atomic E-state index is 13.6. The van der Waals surface area contributed by atoms with Crippen LogP contribution in [0.1, 0.15) is 44.6 Å². The van der Waals surface area contributed by atoms with Crippen LogP contribution in [0.4, 0.5) is 0 Å². The van der Waals surface area contributed by atoms with E-state index in [1.165, 1.54) is 0 Å². The predicted molar refractivity (Wildman–Crippen MR) is 118 cm³/mol. The van der Waals surface area contributed by atoms with E-state index in [0.29, 0.717) is 36.7 Å². The molecule has 1 amide bonds. The van der Waals surface area contributed by atoms with E-state index in [2.05, 4.69) is 25.9 Å². The number of imidazole rings is 1. The fourth-order valence-electron chi connectivity index (χ4n) is 3.96. The first kappa shape index (κ1) is 19.9. The highest BCUT2D eigenvalue weighted by atomic mass is 32.1. The Morgan fingerprint density at radius 1 is 1.32 bits per heavy atom. The number of aromatic amines is 1. The number of H-pyrrole nitrogens is 1. The van der Waals surface area contributed by atoms with E-state index in [-0.39, 0.29) is 11.9 Å². The van der Waals surface area contributed by atoms with E-state index < -0.39 is 0 Å². The Balaban J connectivity index is 1.52. The lowest BCUT2D eigenvalue weighted by molar-refractivity contribution is 0.0654. The van der Waals surface area contributed by atoms with Gasteiger partial charge in [-0.2, -0.15) is 0 Å². The van der Waals surface area contributed by atoms with Crippen molar-refractivity contribution in [3.8, 4) is 0 Å². The molecule has 1 N–H and O–H groups in total. The van der Waals surface area contributed by atoms with Crippen LogP contribution in [0.15, 0.2) is 35.0 Å². The topological polar surface area (TPSA) is 91.2 Å². The molecule has 0 bridgehead atoms. The molecule has 1 aliphatic heterocycles. The van der Waals surface area contributed by atoms with Crippen LogP contribution >= 0.6 is 11.3 Å². The summed E-state index contributed by atoms with van der Waals surface area (Å²) >= 11 is 1.60. The molecule has 0 unspecified atom stereocenters. The smallest absolute Gasteiger partial charge is 0.292 e. The Morgan fingerprint density at radius 3 is 2.97 bits per heavy atom. The van der Waals surface area contributed by atoms with Crippen LogP contribution in [0, 0.1) is 6.92 Å². The van der Waals surface area contributed by atoms with E-state index in [0.717, 1.165) is 33.2 Å². The number of thiazole rings is 1. The van der Waals surface area contributed by atoms with Crippen molar-refractivity contribution >= 4 is 27.5 Å². The van der Waals surface area contributed by atoms with Gasteiger partial charge in [0, 0.05) is 31.6 Å². The van der Waals surface area contributed by atoms with E-state index in [1.54, 1.807) is 17.7 Å². The number of hydrogen-bond donors (Lipinski definition) is 1. The summed E-state index contributed by atoms with van der Waals surface area (Å²) in [5, 5.41) is 0.854. The molecular weight excluding hydrogens is 412 g/mol. The Labute approximate surface area is 183 Å². The molecule has 1 aliphatic rings. The second kappa shape index (κ2) is 7.90. The van der Waals surface area contributed by atoms with Crippen molar-refractivity contribution in [2.45, 2.75) is 25.8 Å². The number of oxazole rings is 1. The number of aromatic nitrogens is 4. The minimum atomic E-state index is -0.352. The lowest BCUT2D eigenvalue weighted by atomic mass is 10.0. The quantitative estimate of drug-likeness (QED) is 0.517. The largest absolute Gasteiger partial charge is 0.435 e. The summed E-state index contributed by atoms with van der Waals surface area (Å²) in [6.45, 7) is 3.19. The van der Waals surface area contributed by atoms with Crippen molar-refractivity contribution in [1.82, 2.24) is 29.7 Å². The van der Waals surface area contributed by atoms with Gasteiger partial charge in [0.1, 0.15) is 11.0 Å². The van der Waals surface area contributed by atoms with E-state index >= 15 is 0 Å². The predicted octanol–water partition coefficient (Wildman–Crippen LogP) is 3.21. The third-order valence-corrected chi connectivity index (χ3v) is 6.63. The van der Waals surface area contributed by atoms with Crippen molar-refractivity contribution in [2.24, 2.45) is 0 Å². The monoisotopic (exact) mass is 436 g/mol. The van der Waals surface area contributed by atoms with Gasteiger partial charge in [-0.3, -0.25) is 4.79 Å². The molecule has 9 heteroatoms. The molecule has 0 fully saturated rings. The van der Waals surface area contributed by atoms with Crippen molar-refractivity contribution < 1.29 is 9.21 Å². The number of aryl methyl sites for hydroxylation is 1. The molecule has 3 aromatic heterocycles. The van der Waals surface area contributed by atoms with Crippen LogP contribution < -0.4 is 0 Å². The lowest BCUT2D eigenvalue weighted by Crippen LogP contribution is -2.40. The third-order valence-electron chi connectivity index (χ3n) is 5.54. The first-order chi connectivity index (χ1) is 15.0. The van der Waals surface area contributed by atoms with Gasteiger partial charge in [-0.25, -0.2) is 15.0 Å². The Morgan fingerprint density at radius 2 is 2.16 bits per heavy atom. The zero-order valence-electron chi connectivity index (χ0n) is 17.8. The number of nitrogens with one attached hydrogen (secondary N) is 1.